The van der Waals surface area contributed by atoms with Crippen LogP contribution < -0.4 is 20.9 Å². The molecule has 1 aromatic heterocycles. The average molecular weight is 377 g/mol. The number of hydrogen-bond donors (Lipinski definition) is 3. The van der Waals surface area contributed by atoms with Crippen LogP contribution >= 0.6 is 0 Å². The van der Waals surface area contributed by atoms with Crippen LogP contribution in [0.25, 0.3) is 5.69 Å². The Bertz CT molecular complexity index is 941. The fourth-order valence-corrected chi connectivity index (χ4v) is 3.37. The highest BCUT2D eigenvalue weighted by Gasteiger charge is 2.25. The molecule has 0 aliphatic carbocycles. The molecule has 3 aromatic rings. The molecule has 0 bridgehead atoms. The molecule has 4 rings (SSSR count). The van der Waals surface area contributed by atoms with Crippen molar-refractivity contribution in [3.63, 3.8) is 0 Å². The maximum absolute atomic E-state index is 12.5. The Hall–Kier alpha value is -3.16. The van der Waals surface area contributed by atoms with E-state index in [1.54, 1.807) is 24.2 Å². The number of benzene rings is 2. The molecule has 7 nitrogen and oxygen atoms in total. The highest BCUT2D eigenvalue weighted by molar-refractivity contribution is 5.93. The van der Waals surface area contributed by atoms with Crippen molar-refractivity contribution < 1.29 is 9.53 Å². The van der Waals surface area contributed by atoms with Gasteiger partial charge < -0.3 is 10.1 Å². The SMILES string of the molecule is COc1ccccc1-n1cc(C(=O)NCC2CC(c3ccccc3)NN2)cn1. The summed E-state index contributed by atoms with van der Waals surface area (Å²) in [5.41, 5.74) is 9.09. The van der Waals surface area contributed by atoms with Gasteiger partial charge in [0, 0.05) is 24.8 Å². The fourth-order valence-electron chi connectivity index (χ4n) is 3.37. The van der Waals surface area contributed by atoms with E-state index in [2.05, 4.69) is 33.4 Å². The molecular weight excluding hydrogens is 354 g/mol. The van der Waals surface area contributed by atoms with Crippen LogP contribution in [0.3, 0.4) is 0 Å². The molecule has 1 fully saturated rings. The summed E-state index contributed by atoms with van der Waals surface area (Å²) in [5.74, 6) is 0.553. The number of carbonyl (C=O) groups is 1. The third kappa shape index (κ3) is 3.90. The summed E-state index contributed by atoms with van der Waals surface area (Å²) >= 11 is 0. The minimum Gasteiger partial charge on any atom is -0.494 e. The predicted molar refractivity (Wildman–Crippen MR) is 106 cm³/mol. The van der Waals surface area contributed by atoms with E-state index >= 15 is 0 Å². The van der Waals surface area contributed by atoms with Crippen molar-refractivity contribution in [1.29, 1.82) is 0 Å². The van der Waals surface area contributed by atoms with Crippen LogP contribution in [0.2, 0.25) is 0 Å². The molecule has 7 heteroatoms. The molecule has 0 spiro atoms. The maximum atomic E-state index is 12.5. The molecule has 3 N–H and O–H groups in total. The van der Waals surface area contributed by atoms with Crippen LogP contribution in [0.1, 0.15) is 28.4 Å². The number of amides is 1. The molecule has 0 saturated carbocycles. The Balaban J connectivity index is 1.34. The number of nitrogens with zero attached hydrogens (tertiary/aromatic N) is 2. The number of aromatic nitrogens is 2. The zero-order valence-electron chi connectivity index (χ0n) is 15.6. The standard InChI is InChI=1S/C21H23N5O2/c1-28-20-10-6-5-9-19(20)26-14-16(12-23-26)21(27)22-13-17-11-18(25-24-17)15-7-3-2-4-8-15/h2-10,12,14,17-18,24-25H,11,13H2,1H3,(H,22,27). The Labute approximate surface area is 163 Å². The summed E-state index contributed by atoms with van der Waals surface area (Å²) in [6.07, 6.45) is 4.18. The van der Waals surface area contributed by atoms with Gasteiger partial charge in [-0.2, -0.15) is 5.10 Å². The van der Waals surface area contributed by atoms with Crippen LogP contribution in [-0.2, 0) is 0 Å². The summed E-state index contributed by atoms with van der Waals surface area (Å²) in [6, 6.07) is 18.2. The number of rotatable bonds is 6. The molecule has 144 valence electrons. The summed E-state index contributed by atoms with van der Waals surface area (Å²) < 4.78 is 7.00. The van der Waals surface area contributed by atoms with Crippen molar-refractivity contribution in [2.24, 2.45) is 0 Å². The first-order valence-electron chi connectivity index (χ1n) is 9.27. The van der Waals surface area contributed by atoms with Crippen LogP contribution in [0.5, 0.6) is 5.75 Å². The average Bonchev–Trinajstić information content (AvgIpc) is 3.43. The molecule has 2 atom stereocenters. The van der Waals surface area contributed by atoms with Gasteiger partial charge in [-0.15, -0.1) is 0 Å². The van der Waals surface area contributed by atoms with Crippen molar-refractivity contribution in [3.8, 4) is 11.4 Å². The van der Waals surface area contributed by atoms with E-state index in [0.29, 0.717) is 17.9 Å². The smallest absolute Gasteiger partial charge is 0.254 e. The highest BCUT2D eigenvalue weighted by atomic mass is 16.5. The molecule has 2 unspecified atom stereocenters. The van der Waals surface area contributed by atoms with Gasteiger partial charge >= 0.3 is 0 Å². The first-order chi connectivity index (χ1) is 13.7. The van der Waals surface area contributed by atoms with Gasteiger partial charge in [0.2, 0.25) is 0 Å². The van der Waals surface area contributed by atoms with Gasteiger partial charge in [-0.25, -0.2) is 10.1 Å². The molecule has 2 heterocycles. The normalized spacial score (nSPS) is 18.8. The summed E-state index contributed by atoms with van der Waals surface area (Å²) in [5, 5.41) is 7.28. The Morgan fingerprint density at radius 1 is 1.18 bits per heavy atom. The second kappa shape index (κ2) is 8.24. The van der Waals surface area contributed by atoms with E-state index in [1.165, 1.54) is 5.56 Å². The van der Waals surface area contributed by atoms with E-state index < -0.39 is 0 Å². The predicted octanol–water partition coefficient (Wildman–Crippen LogP) is 2.22. The van der Waals surface area contributed by atoms with Crippen LogP contribution in [0.4, 0.5) is 0 Å². The van der Waals surface area contributed by atoms with Crippen molar-refractivity contribution in [1.82, 2.24) is 25.9 Å². The summed E-state index contributed by atoms with van der Waals surface area (Å²) in [4.78, 5) is 12.5. The summed E-state index contributed by atoms with van der Waals surface area (Å²) in [7, 11) is 1.61. The summed E-state index contributed by atoms with van der Waals surface area (Å²) in [6.45, 7) is 0.537. The lowest BCUT2D eigenvalue weighted by molar-refractivity contribution is 0.0950. The van der Waals surface area contributed by atoms with Gasteiger partial charge in [0.05, 0.1) is 18.9 Å². The first kappa shape index (κ1) is 18.2. The first-order valence-corrected chi connectivity index (χ1v) is 9.27. The number of para-hydroxylation sites is 2. The third-order valence-electron chi connectivity index (χ3n) is 4.87. The second-order valence-electron chi connectivity index (χ2n) is 6.74. The van der Waals surface area contributed by atoms with E-state index in [0.717, 1.165) is 12.1 Å². The lowest BCUT2D eigenvalue weighted by atomic mass is 10.0. The van der Waals surface area contributed by atoms with Crippen LogP contribution in [-0.4, -0.2) is 35.4 Å². The molecule has 2 aromatic carbocycles. The number of nitrogens with one attached hydrogen (secondary N) is 3. The quantitative estimate of drug-likeness (QED) is 0.614. The van der Waals surface area contributed by atoms with E-state index in [-0.39, 0.29) is 18.0 Å². The largest absolute Gasteiger partial charge is 0.494 e. The van der Waals surface area contributed by atoms with Crippen LogP contribution in [0, 0.1) is 0 Å². The Kier molecular flexibility index (Phi) is 5.36. The van der Waals surface area contributed by atoms with Crippen molar-refractivity contribution >= 4 is 5.91 Å². The van der Waals surface area contributed by atoms with Crippen LogP contribution in [0.15, 0.2) is 67.0 Å². The highest BCUT2D eigenvalue weighted by Crippen LogP contribution is 2.22. The van der Waals surface area contributed by atoms with Gasteiger partial charge in [-0.3, -0.25) is 10.2 Å². The third-order valence-corrected chi connectivity index (χ3v) is 4.87. The lowest BCUT2D eigenvalue weighted by Crippen LogP contribution is -2.40. The molecule has 1 aliphatic rings. The molecule has 28 heavy (non-hydrogen) atoms. The van der Waals surface area contributed by atoms with E-state index in [9.17, 15) is 4.79 Å². The maximum Gasteiger partial charge on any atom is 0.254 e. The second-order valence-corrected chi connectivity index (χ2v) is 6.74. The van der Waals surface area contributed by atoms with E-state index in [4.69, 9.17) is 4.74 Å². The monoisotopic (exact) mass is 377 g/mol. The van der Waals surface area contributed by atoms with Gasteiger partial charge in [0.1, 0.15) is 11.4 Å². The van der Waals surface area contributed by atoms with Gasteiger partial charge in [-0.1, -0.05) is 42.5 Å². The topological polar surface area (TPSA) is 80.2 Å². The van der Waals surface area contributed by atoms with Crippen molar-refractivity contribution in [2.45, 2.75) is 18.5 Å². The van der Waals surface area contributed by atoms with Gasteiger partial charge in [0.15, 0.2) is 0 Å². The molecule has 1 aliphatic heterocycles. The lowest BCUT2D eigenvalue weighted by Gasteiger charge is -2.10. The number of hydrazine groups is 1. The zero-order valence-corrected chi connectivity index (χ0v) is 15.6. The van der Waals surface area contributed by atoms with Gasteiger partial charge in [0.25, 0.3) is 5.91 Å². The Morgan fingerprint density at radius 3 is 2.79 bits per heavy atom. The minimum atomic E-state index is -0.147. The van der Waals surface area contributed by atoms with E-state index in [1.807, 2.05) is 42.5 Å². The number of hydrogen-bond acceptors (Lipinski definition) is 5. The fraction of sp³-hybridized carbons (Fsp3) is 0.238. The Morgan fingerprint density at radius 2 is 1.96 bits per heavy atom. The number of carbonyl (C=O) groups excluding carboxylic acids is 1. The molecule has 1 amide bonds. The molecular formula is C21H23N5O2. The molecule has 0 radical (unpaired) electrons. The van der Waals surface area contributed by atoms with Crippen molar-refractivity contribution in [2.75, 3.05) is 13.7 Å². The number of ether oxygens (including phenoxy) is 1. The van der Waals surface area contributed by atoms with Crippen molar-refractivity contribution in [3.05, 3.63) is 78.1 Å². The molecule has 1 saturated heterocycles. The zero-order chi connectivity index (χ0) is 19.3. The number of methoxy groups -OCH3 is 1. The minimum absolute atomic E-state index is 0.147. The van der Waals surface area contributed by atoms with Gasteiger partial charge in [-0.05, 0) is 24.1 Å².